The average Bonchev–Trinajstić information content (AvgIpc) is 2.01. The number of benzene rings is 1. The summed E-state index contributed by atoms with van der Waals surface area (Å²) in [5, 5.41) is 8.68. The van der Waals surface area contributed by atoms with E-state index in [1.165, 1.54) is 0 Å². The van der Waals surface area contributed by atoms with E-state index in [4.69, 9.17) is 5.11 Å². The van der Waals surface area contributed by atoms with Gasteiger partial charge in [-0.3, -0.25) is 4.79 Å². The molecule has 0 bridgehead atoms. The molecule has 0 aliphatic carbocycles. The van der Waals surface area contributed by atoms with E-state index in [1.807, 2.05) is 0 Å². The van der Waals surface area contributed by atoms with E-state index < -0.39 is 17.6 Å². The summed E-state index contributed by atoms with van der Waals surface area (Å²) in [6.45, 7) is 0. The SMILES string of the molecule is O=C(O)Cc1cc(F)cc(F)c1CBr. The zero-order valence-corrected chi connectivity index (χ0v) is 8.64. The number of rotatable bonds is 3. The van der Waals surface area contributed by atoms with Gasteiger partial charge in [0, 0.05) is 17.0 Å². The fourth-order valence-electron chi connectivity index (χ4n) is 1.13. The smallest absolute Gasteiger partial charge is 0.307 e. The van der Waals surface area contributed by atoms with Crippen molar-refractivity contribution in [1.82, 2.24) is 0 Å². The molecule has 0 unspecified atom stereocenters. The maximum absolute atomic E-state index is 13.1. The van der Waals surface area contributed by atoms with Gasteiger partial charge in [-0.2, -0.15) is 0 Å². The van der Waals surface area contributed by atoms with Crippen LogP contribution >= 0.6 is 15.9 Å². The first-order chi connectivity index (χ1) is 6.54. The van der Waals surface area contributed by atoms with Crippen LogP contribution in [0.5, 0.6) is 0 Å². The predicted molar refractivity (Wildman–Crippen MR) is 50.3 cm³/mol. The molecule has 76 valence electrons. The molecule has 1 rings (SSSR count). The maximum Gasteiger partial charge on any atom is 0.307 e. The van der Waals surface area contributed by atoms with Crippen molar-refractivity contribution < 1.29 is 18.7 Å². The van der Waals surface area contributed by atoms with Gasteiger partial charge >= 0.3 is 5.97 Å². The molecule has 1 aromatic carbocycles. The molecule has 0 saturated carbocycles. The summed E-state index contributed by atoms with van der Waals surface area (Å²) < 4.78 is 25.8. The van der Waals surface area contributed by atoms with E-state index in [2.05, 4.69) is 15.9 Å². The Morgan fingerprint density at radius 1 is 1.43 bits per heavy atom. The van der Waals surface area contributed by atoms with Crippen molar-refractivity contribution in [1.29, 1.82) is 0 Å². The molecule has 1 aromatic rings. The summed E-state index contributed by atoms with van der Waals surface area (Å²) in [7, 11) is 0. The quantitative estimate of drug-likeness (QED) is 0.852. The molecule has 0 atom stereocenters. The number of carboxylic acids is 1. The highest BCUT2D eigenvalue weighted by molar-refractivity contribution is 9.08. The lowest BCUT2D eigenvalue weighted by atomic mass is 10.1. The van der Waals surface area contributed by atoms with Crippen molar-refractivity contribution in [3.05, 3.63) is 34.9 Å². The molecule has 0 spiro atoms. The minimum absolute atomic E-state index is 0.159. The summed E-state index contributed by atoms with van der Waals surface area (Å²) in [6, 6.07) is 1.77. The molecule has 0 saturated heterocycles. The first-order valence-corrected chi connectivity index (χ1v) is 4.91. The van der Waals surface area contributed by atoms with Crippen LogP contribution in [0, 0.1) is 11.6 Å². The van der Waals surface area contributed by atoms with Crippen LogP contribution in [0.3, 0.4) is 0 Å². The van der Waals surface area contributed by atoms with Crippen molar-refractivity contribution in [2.75, 3.05) is 0 Å². The summed E-state index contributed by atoms with van der Waals surface area (Å²) >= 11 is 3.02. The summed E-state index contributed by atoms with van der Waals surface area (Å²) in [5.41, 5.74) is 0.348. The van der Waals surface area contributed by atoms with Crippen molar-refractivity contribution >= 4 is 21.9 Å². The van der Waals surface area contributed by atoms with E-state index >= 15 is 0 Å². The second-order valence-electron chi connectivity index (χ2n) is 2.73. The first-order valence-electron chi connectivity index (χ1n) is 3.79. The Labute approximate surface area is 87.7 Å². The molecular formula is C9H7BrF2O2. The monoisotopic (exact) mass is 264 g/mol. The molecule has 0 aliphatic heterocycles. The van der Waals surface area contributed by atoms with Crippen LogP contribution < -0.4 is 0 Å². The molecule has 0 heterocycles. The van der Waals surface area contributed by atoms with Crippen LogP contribution in [0.1, 0.15) is 11.1 Å². The molecule has 0 amide bonds. The maximum atomic E-state index is 13.1. The Morgan fingerprint density at radius 2 is 2.07 bits per heavy atom. The topological polar surface area (TPSA) is 37.3 Å². The van der Waals surface area contributed by atoms with Crippen LogP contribution in [0.25, 0.3) is 0 Å². The molecule has 2 nitrogen and oxygen atoms in total. The number of carbonyl (C=O) groups is 1. The van der Waals surface area contributed by atoms with Crippen molar-refractivity contribution in [3.63, 3.8) is 0 Å². The molecular weight excluding hydrogens is 258 g/mol. The summed E-state index contributed by atoms with van der Waals surface area (Å²) in [5.74, 6) is -2.60. The van der Waals surface area contributed by atoms with Gasteiger partial charge in [-0.15, -0.1) is 0 Å². The number of halogens is 3. The number of hydrogen-bond acceptors (Lipinski definition) is 1. The van der Waals surface area contributed by atoms with Gasteiger partial charge in [0.05, 0.1) is 6.42 Å². The van der Waals surface area contributed by atoms with E-state index in [0.717, 1.165) is 12.1 Å². The molecule has 14 heavy (non-hydrogen) atoms. The lowest BCUT2D eigenvalue weighted by molar-refractivity contribution is -0.136. The fraction of sp³-hybridized carbons (Fsp3) is 0.222. The summed E-state index contributed by atoms with van der Waals surface area (Å²) in [6.07, 6.45) is -0.379. The van der Waals surface area contributed by atoms with Gasteiger partial charge in [0.2, 0.25) is 0 Å². The fourth-order valence-corrected chi connectivity index (χ4v) is 1.76. The Balaban J connectivity index is 3.17. The van der Waals surface area contributed by atoms with Crippen LogP contribution in [0.4, 0.5) is 8.78 Å². The van der Waals surface area contributed by atoms with Crippen LogP contribution in [-0.2, 0) is 16.5 Å². The largest absolute Gasteiger partial charge is 0.481 e. The highest BCUT2D eigenvalue weighted by Crippen LogP contribution is 2.19. The number of alkyl halides is 1. The summed E-state index contributed by atoms with van der Waals surface area (Å²) in [4.78, 5) is 10.4. The number of aliphatic carboxylic acids is 1. The zero-order valence-electron chi connectivity index (χ0n) is 7.06. The zero-order chi connectivity index (χ0) is 10.7. The van der Waals surface area contributed by atoms with Crippen LogP contribution in [-0.4, -0.2) is 11.1 Å². The van der Waals surface area contributed by atoms with E-state index in [0.29, 0.717) is 0 Å². The second kappa shape index (κ2) is 4.50. The third-order valence-corrected chi connectivity index (χ3v) is 2.29. The highest BCUT2D eigenvalue weighted by Gasteiger charge is 2.12. The lowest BCUT2D eigenvalue weighted by Gasteiger charge is -2.06. The normalized spacial score (nSPS) is 10.2. The van der Waals surface area contributed by atoms with Gasteiger partial charge in [-0.1, -0.05) is 15.9 Å². The molecule has 0 fully saturated rings. The van der Waals surface area contributed by atoms with Gasteiger partial charge in [0.1, 0.15) is 11.6 Å². The molecule has 0 aliphatic rings. The van der Waals surface area contributed by atoms with Gasteiger partial charge < -0.3 is 5.11 Å². The van der Waals surface area contributed by atoms with Crippen LogP contribution in [0.15, 0.2) is 12.1 Å². The van der Waals surface area contributed by atoms with Gasteiger partial charge in [0.25, 0.3) is 0 Å². The molecule has 0 radical (unpaired) electrons. The Bertz CT molecular complexity index is 366. The van der Waals surface area contributed by atoms with Crippen molar-refractivity contribution in [2.24, 2.45) is 0 Å². The second-order valence-corrected chi connectivity index (χ2v) is 3.29. The highest BCUT2D eigenvalue weighted by atomic mass is 79.9. The van der Waals surface area contributed by atoms with Gasteiger partial charge in [0.15, 0.2) is 0 Å². The number of carboxylic acid groups (broad SMARTS) is 1. The van der Waals surface area contributed by atoms with Crippen LogP contribution in [0.2, 0.25) is 0 Å². The first kappa shape index (κ1) is 11.1. The standard InChI is InChI=1S/C9H7BrF2O2/c10-4-7-5(2-9(13)14)1-6(11)3-8(7)12/h1,3H,2,4H2,(H,13,14). The third kappa shape index (κ3) is 2.51. The average molecular weight is 265 g/mol. The van der Waals surface area contributed by atoms with Crippen molar-refractivity contribution in [2.45, 2.75) is 11.8 Å². The minimum atomic E-state index is -1.11. The van der Waals surface area contributed by atoms with E-state index in [-0.39, 0.29) is 22.9 Å². The Morgan fingerprint density at radius 3 is 2.57 bits per heavy atom. The Kier molecular flexibility index (Phi) is 3.57. The number of hydrogen-bond donors (Lipinski definition) is 1. The van der Waals surface area contributed by atoms with Gasteiger partial charge in [-0.05, 0) is 11.6 Å². The van der Waals surface area contributed by atoms with Gasteiger partial charge in [-0.25, -0.2) is 8.78 Å². The third-order valence-electron chi connectivity index (χ3n) is 1.73. The van der Waals surface area contributed by atoms with Crippen molar-refractivity contribution in [3.8, 4) is 0 Å². The van der Waals surface area contributed by atoms with E-state index in [9.17, 15) is 13.6 Å². The molecule has 0 aromatic heterocycles. The Hall–Kier alpha value is -0.970. The lowest BCUT2D eigenvalue weighted by Crippen LogP contribution is -2.05. The molecule has 5 heteroatoms. The minimum Gasteiger partial charge on any atom is -0.481 e. The molecule has 1 N–H and O–H groups in total. The van der Waals surface area contributed by atoms with E-state index in [1.54, 1.807) is 0 Å². The predicted octanol–water partition coefficient (Wildman–Crippen LogP) is 2.49.